The van der Waals surface area contributed by atoms with E-state index in [-0.39, 0.29) is 24.0 Å². The molecule has 1 heterocycles. The number of nitrogens with one attached hydrogen (secondary N) is 2. The number of thiazole rings is 1. The lowest BCUT2D eigenvalue weighted by Crippen LogP contribution is -2.68. The second kappa shape index (κ2) is 8.99. The normalized spacial score (nSPS) is 24.2. The Kier molecular flexibility index (Phi) is 7.52. The fourth-order valence-electron chi connectivity index (χ4n) is 4.10. The number of aromatic nitrogens is 1. The number of guanidine groups is 1. The zero-order valence-corrected chi connectivity index (χ0v) is 18.9. The molecule has 2 aliphatic carbocycles. The quantitative estimate of drug-likeness (QED) is 0.374. The Hall–Kier alpha value is -0.410. The predicted molar refractivity (Wildman–Crippen MR) is 115 cm³/mol. The second-order valence-corrected chi connectivity index (χ2v) is 8.24. The summed E-state index contributed by atoms with van der Waals surface area (Å²) in [6.07, 6.45) is 6.43. The van der Waals surface area contributed by atoms with Crippen LogP contribution < -0.4 is 10.6 Å². The largest absolute Gasteiger partial charge is 0.378 e. The first-order chi connectivity index (χ1) is 11.6. The number of halogens is 1. The minimum Gasteiger partial charge on any atom is -0.378 e. The number of aliphatic imine (C=N–C) groups is 1. The van der Waals surface area contributed by atoms with Gasteiger partial charge in [-0.25, -0.2) is 4.98 Å². The summed E-state index contributed by atoms with van der Waals surface area (Å²) < 4.78 is 5.93. The van der Waals surface area contributed by atoms with Crippen molar-refractivity contribution >= 4 is 41.3 Å². The number of aryl methyl sites for hydroxylation is 2. The molecule has 2 N–H and O–H groups in total. The van der Waals surface area contributed by atoms with Crippen LogP contribution in [0.25, 0.3) is 0 Å². The molecule has 1 spiro atoms. The molecule has 7 heteroatoms. The number of ether oxygens (including phenoxy) is 1. The van der Waals surface area contributed by atoms with Crippen molar-refractivity contribution in [2.24, 2.45) is 10.4 Å². The van der Waals surface area contributed by atoms with E-state index in [2.05, 4.69) is 41.4 Å². The van der Waals surface area contributed by atoms with Crippen molar-refractivity contribution in [2.75, 3.05) is 20.2 Å². The van der Waals surface area contributed by atoms with E-state index in [1.54, 1.807) is 11.3 Å². The fraction of sp³-hybridized carbons (Fsp3) is 0.778. The third-order valence-electron chi connectivity index (χ3n) is 5.62. The summed E-state index contributed by atoms with van der Waals surface area (Å²) in [4.78, 5) is 10.3. The van der Waals surface area contributed by atoms with Gasteiger partial charge in [-0.3, -0.25) is 4.99 Å². The first-order valence-corrected chi connectivity index (χ1v) is 9.92. The lowest BCUT2D eigenvalue weighted by molar-refractivity contribution is -0.168. The van der Waals surface area contributed by atoms with Gasteiger partial charge in [0.15, 0.2) is 5.96 Å². The van der Waals surface area contributed by atoms with E-state index in [9.17, 15) is 0 Å². The van der Waals surface area contributed by atoms with Crippen molar-refractivity contribution < 1.29 is 4.74 Å². The van der Waals surface area contributed by atoms with Crippen molar-refractivity contribution in [3.05, 3.63) is 15.6 Å². The highest BCUT2D eigenvalue weighted by Gasteiger charge is 2.59. The first kappa shape index (κ1) is 20.9. The molecule has 0 saturated heterocycles. The van der Waals surface area contributed by atoms with Crippen LogP contribution in [0.15, 0.2) is 4.99 Å². The molecule has 0 aliphatic heterocycles. The van der Waals surface area contributed by atoms with E-state index in [1.165, 1.54) is 24.1 Å². The van der Waals surface area contributed by atoms with Crippen LogP contribution in [-0.2, 0) is 11.2 Å². The Labute approximate surface area is 172 Å². The molecule has 2 atom stereocenters. The van der Waals surface area contributed by atoms with Crippen molar-refractivity contribution in [1.29, 1.82) is 0 Å². The SMILES string of the molecule is CCOC1CC(NC(=NC)NCCc2sc(C)nc2C)C12CCC2.I. The van der Waals surface area contributed by atoms with Gasteiger partial charge in [-0.15, -0.1) is 35.3 Å². The van der Waals surface area contributed by atoms with E-state index in [1.807, 2.05) is 7.05 Å². The van der Waals surface area contributed by atoms with Gasteiger partial charge in [-0.2, -0.15) is 0 Å². The highest BCUT2D eigenvalue weighted by atomic mass is 127. The average molecular weight is 478 g/mol. The van der Waals surface area contributed by atoms with Gasteiger partial charge >= 0.3 is 0 Å². The Bertz CT molecular complexity index is 600. The molecule has 0 radical (unpaired) electrons. The summed E-state index contributed by atoms with van der Waals surface area (Å²) in [6, 6.07) is 0.501. The molecule has 2 aliphatic rings. The Morgan fingerprint density at radius 2 is 2.16 bits per heavy atom. The summed E-state index contributed by atoms with van der Waals surface area (Å²) in [5.41, 5.74) is 1.52. The van der Waals surface area contributed by atoms with Gasteiger partial charge in [0.05, 0.1) is 16.8 Å². The maximum absolute atomic E-state index is 5.93. The molecule has 2 saturated carbocycles. The minimum atomic E-state index is 0. The van der Waals surface area contributed by atoms with Crippen molar-refractivity contribution in [2.45, 2.75) is 65.0 Å². The average Bonchev–Trinajstić information content (AvgIpc) is 2.80. The zero-order chi connectivity index (χ0) is 17.2. The molecule has 3 rings (SSSR count). The summed E-state index contributed by atoms with van der Waals surface area (Å²) in [5.74, 6) is 0.917. The van der Waals surface area contributed by atoms with Crippen molar-refractivity contribution in [3.8, 4) is 0 Å². The third-order valence-corrected chi connectivity index (χ3v) is 6.75. The maximum atomic E-state index is 5.93. The van der Waals surface area contributed by atoms with Crippen LogP contribution in [0.1, 0.15) is 48.2 Å². The Morgan fingerprint density at radius 1 is 1.40 bits per heavy atom. The smallest absolute Gasteiger partial charge is 0.191 e. The first-order valence-electron chi connectivity index (χ1n) is 9.10. The van der Waals surface area contributed by atoms with Gasteiger partial charge in [-0.1, -0.05) is 6.42 Å². The monoisotopic (exact) mass is 478 g/mol. The summed E-state index contributed by atoms with van der Waals surface area (Å²) in [5, 5.41) is 8.25. The van der Waals surface area contributed by atoms with Crippen molar-refractivity contribution in [1.82, 2.24) is 15.6 Å². The zero-order valence-electron chi connectivity index (χ0n) is 15.7. The van der Waals surface area contributed by atoms with Crippen molar-refractivity contribution in [3.63, 3.8) is 0 Å². The molecular weight excluding hydrogens is 447 g/mol. The molecule has 0 aromatic carbocycles. The lowest BCUT2D eigenvalue weighted by atomic mass is 9.51. The molecule has 0 amide bonds. The fourth-order valence-corrected chi connectivity index (χ4v) is 5.04. The number of hydrogen-bond acceptors (Lipinski definition) is 4. The second-order valence-electron chi connectivity index (χ2n) is 6.95. The van der Waals surface area contributed by atoms with Crippen LogP contribution in [0.5, 0.6) is 0 Å². The van der Waals surface area contributed by atoms with Gasteiger partial charge in [0.2, 0.25) is 0 Å². The molecule has 25 heavy (non-hydrogen) atoms. The van der Waals surface area contributed by atoms with Gasteiger partial charge < -0.3 is 15.4 Å². The van der Waals surface area contributed by atoms with E-state index in [0.717, 1.165) is 42.7 Å². The van der Waals surface area contributed by atoms with E-state index in [0.29, 0.717) is 17.6 Å². The van der Waals surface area contributed by atoms with E-state index >= 15 is 0 Å². The Balaban J connectivity index is 0.00000225. The van der Waals surface area contributed by atoms with Crippen LogP contribution in [0.2, 0.25) is 0 Å². The van der Waals surface area contributed by atoms with Gasteiger partial charge in [0.1, 0.15) is 0 Å². The number of rotatable bonds is 6. The number of hydrogen-bond donors (Lipinski definition) is 2. The van der Waals surface area contributed by atoms with Crippen LogP contribution >= 0.6 is 35.3 Å². The van der Waals surface area contributed by atoms with Gasteiger partial charge in [-0.05, 0) is 40.0 Å². The predicted octanol–water partition coefficient (Wildman–Crippen LogP) is 3.43. The van der Waals surface area contributed by atoms with Gasteiger partial charge in [0.25, 0.3) is 0 Å². The molecule has 1 aromatic heterocycles. The highest BCUT2D eigenvalue weighted by Crippen LogP contribution is 2.57. The van der Waals surface area contributed by atoms with Crippen LogP contribution in [0, 0.1) is 19.3 Å². The molecule has 142 valence electrons. The molecular formula is C18H31IN4OS. The molecule has 5 nitrogen and oxygen atoms in total. The summed E-state index contributed by atoms with van der Waals surface area (Å²) in [7, 11) is 1.85. The molecule has 2 unspecified atom stereocenters. The van der Waals surface area contributed by atoms with Crippen LogP contribution in [0.3, 0.4) is 0 Å². The summed E-state index contributed by atoms with van der Waals surface area (Å²) >= 11 is 1.79. The lowest BCUT2D eigenvalue weighted by Gasteiger charge is -2.61. The Morgan fingerprint density at radius 3 is 2.68 bits per heavy atom. The van der Waals surface area contributed by atoms with Crippen LogP contribution in [0.4, 0.5) is 0 Å². The van der Waals surface area contributed by atoms with E-state index in [4.69, 9.17) is 4.74 Å². The third kappa shape index (κ3) is 4.30. The molecule has 0 bridgehead atoms. The topological polar surface area (TPSA) is 58.5 Å². The maximum Gasteiger partial charge on any atom is 0.191 e. The van der Waals surface area contributed by atoms with E-state index < -0.39 is 0 Å². The summed E-state index contributed by atoms with van der Waals surface area (Å²) in [6.45, 7) is 7.96. The highest BCUT2D eigenvalue weighted by molar-refractivity contribution is 14.0. The van der Waals surface area contributed by atoms with Crippen LogP contribution in [-0.4, -0.2) is 43.3 Å². The number of nitrogens with zero attached hydrogens (tertiary/aromatic N) is 2. The standard InChI is InChI=1S/C18H30N4OS.HI/c1-5-23-16-11-15(18(16)8-6-9-18)22-17(19-4)20-10-7-14-12(2)21-13(3)24-14;/h15-16H,5-11H2,1-4H3,(H2,19,20,22);1H. The van der Waals surface area contributed by atoms with Gasteiger partial charge in [0, 0.05) is 43.0 Å². The molecule has 2 fully saturated rings. The molecule has 1 aromatic rings. The minimum absolute atomic E-state index is 0.